The van der Waals surface area contributed by atoms with Crippen LogP contribution >= 0.6 is 11.8 Å². The van der Waals surface area contributed by atoms with E-state index in [-0.39, 0.29) is 6.61 Å². The maximum Gasteiger partial charge on any atom is 0.288 e. The lowest BCUT2D eigenvalue weighted by molar-refractivity contribution is 0.252. The normalized spacial score (nSPS) is 19.6. The third-order valence-electron chi connectivity index (χ3n) is 3.93. The summed E-state index contributed by atoms with van der Waals surface area (Å²) < 4.78 is 24.9. The zero-order valence-corrected chi connectivity index (χ0v) is 13.1. The number of halogens is 2. The molecule has 2 unspecified atom stereocenters. The Balaban J connectivity index is 2.05. The molecule has 1 aromatic carbocycles. The molecule has 0 saturated heterocycles. The van der Waals surface area contributed by atoms with Crippen molar-refractivity contribution in [3.05, 3.63) is 29.3 Å². The summed E-state index contributed by atoms with van der Waals surface area (Å²) in [5.74, 6) is -2.36. The molecule has 0 heterocycles. The summed E-state index contributed by atoms with van der Waals surface area (Å²) in [6.45, 7) is 2.35. The van der Waals surface area contributed by atoms with Gasteiger partial charge < -0.3 is 10.4 Å². The quantitative estimate of drug-likeness (QED) is 0.742. The second kappa shape index (κ2) is 8.11. The van der Waals surface area contributed by atoms with Crippen molar-refractivity contribution >= 4 is 11.8 Å². The van der Waals surface area contributed by atoms with Gasteiger partial charge in [0.2, 0.25) is 0 Å². The summed E-state index contributed by atoms with van der Waals surface area (Å²) in [4.78, 5) is 0.651. The van der Waals surface area contributed by atoms with Crippen LogP contribution in [-0.4, -0.2) is 23.5 Å². The average Bonchev–Trinajstić information content (AvgIpc) is 2.44. The highest BCUT2D eigenvalue weighted by atomic mass is 32.2. The molecule has 0 radical (unpaired) electrons. The molecule has 0 spiro atoms. The number of aliphatic hydroxyl groups is 1. The highest BCUT2D eigenvalue weighted by Gasteiger charge is 2.22. The molecule has 0 aromatic heterocycles. The van der Waals surface area contributed by atoms with E-state index in [1.54, 1.807) is 6.07 Å². The minimum atomic E-state index is -2.36. The molecule has 0 amide bonds. The van der Waals surface area contributed by atoms with E-state index >= 15 is 0 Å². The Labute approximate surface area is 129 Å². The highest BCUT2D eigenvalue weighted by molar-refractivity contribution is 7.99. The lowest BCUT2D eigenvalue weighted by Gasteiger charge is -2.29. The smallest absolute Gasteiger partial charge is 0.288 e. The third-order valence-corrected chi connectivity index (χ3v) is 4.64. The fourth-order valence-corrected chi connectivity index (χ4v) is 3.53. The van der Waals surface area contributed by atoms with E-state index in [9.17, 15) is 8.78 Å². The Morgan fingerprint density at radius 2 is 2.24 bits per heavy atom. The van der Waals surface area contributed by atoms with Crippen molar-refractivity contribution in [1.29, 1.82) is 0 Å². The van der Waals surface area contributed by atoms with Crippen LogP contribution in [0.5, 0.6) is 0 Å². The van der Waals surface area contributed by atoms with Crippen molar-refractivity contribution in [2.45, 2.75) is 61.8 Å². The van der Waals surface area contributed by atoms with Gasteiger partial charge in [-0.3, -0.25) is 0 Å². The maximum atomic E-state index is 12.4. The van der Waals surface area contributed by atoms with Crippen molar-refractivity contribution in [2.75, 3.05) is 6.61 Å². The molecule has 0 bridgehead atoms. The van der Waals surface area contributed by atoms with Crippen LogP contribution in [0.1, 0.15) is 49.8 Å². The second-order valence-corrected chi connectivity index (χ2v) is 6.68. The van der Waals surface area contributed by atoms with Crippen LogP contribution in [0.3, 0.4) is 0 Å². The van der Waals surface area contributed by atoms with E-state index in [0.717, 1.165) is 32.1 Å². The Morgan fingerprint density at radius 3 is 2.95 bits per heavy atom. The molecule has 1 aromatic rings. The van der Waals surface area contributed by atoms with Crippen molar-refractivity contribution < 1.29 is 13.9 Å². The SMILES string of the molecule is CC(CCCO)NC1CCCc2cc(SC(F)F)ccc21. The van der Waals surface area contributed by atoms with Crippen LogP contribution in [0.25, 0.3) is 0 Å². The minimum Gasteiger partial charge on any atom is -0.396 e. The summed E-state index contributed by atoms with van der Waals surface area (Å²) >= 11 is 0.616. The van der Waals surface area contributed by atoms with E-state index in [4.69, 9.17) is 5.11 Å². The highest BCUT2D eigenvalue weighted by Crippen LogP contribution is 2.34. The van der Waals surface area contributed by atoms with Crippen LogP contribution in [-0.2, 0) is 6.42 Å². The number of fused-ring (bicyclic) bond motifs is 1. The van der Waals surface area contributed by atoms with Gasteiger partial charge in [-0.05, 0) is 62.3 Å². The first-order valence-corrected chi connectivity index (χ1v) is 8.42. The molecule has 2 N–H and O–H groups in total. The number of hydrogen-bond donors (Lipinski definition) is 2. The van der Waals surface area contributed by atoms with Gasteiger partial charge in [0, 0.05) is 23.6 Å². The predicted octanol–water partition coefficient (Wildman–Crippen LogP) is 4.13. The van der Waals surface area contributed by atoms with Gasteiger partial charge in [0.1, 0.15) is 0 Å². The second-order valence-electron chi connectivity index (χ2n) is 5.62. The average molecular weight is 315 g/mol. The van der Waals surface area contributed by atoms with Gasteiger partial charge in [-0.2, -0.15) is 8.78 Å². The standard InChI is InChI=1S/C16H23F2NOS/c1-11(4-3-9-20)19-15-6-2-5-12-10-13(21-16(17)18)7-8-14(12)15/h7-8,10-11,15-16,19-20H,2-6,9H2,1H3. The summed E-state index contributed by atoms with van der Waals surface area (Å²) in [7, 11) is 0. The number of rotatable bonds is 7. The van der Waals surface area contributed by atoms with E-state index in [2.05, 4.69) is 12.2 Å². The number of nitrogens with one attached hydrogen (secondary N) is 1. The van der Waals surface area contributed by atoms with Crippen LogP contribution in [0, 0.1) is 0 Å². The van der Waals surface area contributed by atoms with Crippen molar-refractivity contribution in [1.82, 2.24) is 5.32 Å². The van der Waals surface area contributed by atoms with Gasteiger partial charge in [0.05, 0.1) is 0 Å². The fraction of sp³-hybridized carbons (Fsp3) is 0.625. The number of aryl methyl sites for hydroxylation is 1. The summed E-state index contributed by atoms with van der Waals surface area (Å²) in [5.41, 5.74) is 2.44. The topological polar surface area (TPSA) is 32.3 Å². The van der Waals surface area contributed by atoms with Crippen LogP contribution in [0.2, 0.25) is 0 Å². The van der Waals surface area contributed by atoms with E-state index in [0.29, 0.717) is 28.7 Å². The van der Waals surface area contributed by atoms with Gasteiger partial charge in [-0.25, -0.2) is 0 Å². The van der Waals surface area contributed by atoms with Crippen LogP contribution in [0.15, 0.2) is 23.1 Å². The van der Waals surface area contributed by atoms with Crippen LogP contribution in [0.4, 0.5) is 8.78 Å². The Morgan fingerprint density at radius 1 is 1.43 bits per heavy atom. The molecule has 1 aliphatic carbocycles. The zero-order chi connectivity index (χ0) is 15.2. The molecule has 0 aliphatic heterocycles. The lowest BCUT2D eigenvalue weighted by Crippen LogP contribution is -2.32. The molecule has 2 nitrogen and oxygen atoms in total. The number of hydrogen-bond acceptors (Lipinski definition) is 3. The zero-order valence-electron chi connectivity index (χ0n) is 12.3. The van der Waals surface area contributed by atoms with Gasteiger partial charge in [-0.1, -0.05) is 17.8 Å². The number of benzene rings is 1. The molecular formula is C16H23F2NOS. The van der Waals surface area contributed by atoms with Gasteiger partial charge >= 0.3 is 0 Å². The minimum absolute atomic E-state index is 0.224. The Bertz CT molecular complexity index is 456. The van der Waals surface area contributed by atoms with Crippen LogP contribution < -0.4 is 5.32 Å². The van der Waals surface area contributed by atoms with Crippen molar-refractivity contribution in [2.24, 2.45) is 0 Å². The van der Waals surface area contributed by atoms with Crippen molar-refractivity contribution in [3.63, 3.8) is 0 Å². The monoisotopic (exact) mass is 315 g/mol. The van der Waals surface area contributed by atoms with E-state index in [1.807, 2.05) is 12.1 Å². The predicted molar refractivity (Wildman–Crippen MR) is 82.9 cm³/mol. The largest absolute Gasteiger partial charge is 0.396 e. The fourth-order valence-electron chi connectivity index (χ4n) is 2.96. The molecule has 0 fully saturated rings. The molecule has 2 atom stereocenters. The summed E-state index contributed by atoms with van der Waals surface area (Å²) in [6, 6.07) is 6.36. The number of alkyl halides is 2. The van der Waals surface area contributed by atoms with Gasteiger partial charge in [0.25, 0.3) is 5.76 Å². The van der Waals surface area contributed by atoms with Crippen molar-refractivity contribution in [3.8, 4) is 0 Å². The first kappa shape index (κ1) is 16.7. The van der Waals surface area contributed by atoms with Gasteiger partial charge in [-0.15, -0.1) is 0 Å². The molecular weight excluding hydrogens is 292 g/mol. The van der Waals surface area contributed by atoms with E-state index in [1.165, 1.54) is 11.1 Å². The molecule has 2 rings (SSSR count). The van der Waals surface area contributed by atoms with Gasteiger partial charge in [0.15, 0.2) is 0 Å². The number of aliphatic hydroxyl groups excluding tert-OH is 1. The van der Waals surface area contributed by atoms with E-state index < -0.39 is 5.76 Å². The Hall–Kier alpha value is -0.650. The summed E-state index contributed by atoms with van der Waals surface area (Å²) in [6.07, 6.45) is 4.88. The molecule has 21 heavy (non-hydrogen) atoms. The number of thioether (sulfide) groups is 1. The molecule has 0 saturated carbocycles. The first-order chi connectivity index (χ1) is 10.1. The maximum absolute atomic E-state index is 12.4. The lowest BCUT2D eigenvalue weighted by atomic mass is 9.87. The molecule has 1 aliphatic rings. The summed E-state index contributed by atoms with van der Waals surface area (Å²) in [5, 5.41) is 12.5. The first-order valence-electron chi connectivity index (χ1n) is 7.54. The third kappa shape index (κ3) is 4.94. The Kier molecular flexibility index (Phi) is 6.45. The molecule has 118 valence electrons. The molecule has 5 heteroatoms.